The maximum Gasteiger partial charge on any atom is 0.0967 e. The molecule has 1 aliphatic heterocycles. The average Bonchev–Trinajstić information content (AvgIpc) is 2.31. The lowest BCUT2D eigenvalue weighted by molar-refractivity contribution is 0.351. The first-order valence-electron chi connectivity index (χ1n) is 5.61. The number of anilines is 1. The fraction of sp³-hybridized carbons (Fsp3) is 0.500. The summed E-state index contributed by atoms with van der Waals surface area (Å²) in [6, 6.07) is 4.05. The summed E-state index contributed by atoms with van der Waals surface area (Å²) in [6.45, 7) is 4.00. The molecule has 1 aromatic rings. The molecule has 1 aromatic heterocycles. The predicted molar refractivity (Wildman–Crippen MR) is 65.7 cm³/mol. The highest BCUT2D eigenvalue weighted by Gasteiger charge is 2.32. The second kappa shape index (κ2) is 4.12. The number of nitrogens with one attached hydrogen (secondary N) is 1. The Labute approximate surface area is 96.0 Å². The average molecular weight is 218 g/mol. The van der Waals surface area contributed by atoms with Crippen LogP contribution >= 0.6 is 0 Å². The lowest BCUT2D eigenvalue weighted by Gasteiger charge is -2.39. The summed E-state index contributed by atoms with van der Waals surface area (Å²) < 4.78 is 0. The summed E-state index contributed by atoms with van der Waals surface area (Å²) in [5, 5.41) is 7.61. The standard InChI is InChI=1S/C12H18N4/c1-12(11(13)14)4-8-16(9-5-12)10-2-6-15-7-3-10/h2-3,6-7H,4-5,8-9H2,1H3,(H3,13,14). The van der Waals surface area contributed by atoms with Crippen molar-refractivity contribution < 1.29 is 0 Å². The lowest BCUT2D eigenvalue weighted by atomic mass is 9.79. The van der Waals surface area contributed by atoms with Gasteiger partial charge in [-0.1, -0.05) is 6.92 Å². The van der Waals surface area contributed by atoms with Gasteiger partial charge in [0.15, 0.2) is 0 Å². The molecule has 0 atom stereocenters. The van der Waals surface area contributed by atoms with Gasteiger partial charge in [-0.25, -0.2) is 0 Å². The van der Waals surface area contributed by atoms with Crippen molar-refractivity contribution in [2.75, 3.05) is 18.0 Å². The van der Waals surface area contributed by atoms with E-state index in [4.69, 9.17) is 11.1 Å². The van der Waals surface area contributed by atoms with Crippen LogP contribution < -0.4 is 10.6 Å². The Kier molecular flexibility index (Phi) is 2.81. The van der Waals surface area contributed by atoms with Gasteiger partial charge in [-0.3, -0.25) is 10.4 Å². The van der Waals surface area contributed by atoms with Gasteiger partial charge in [0.1, 0.15) is 0 Å². The molecule has 0 aliphatic carbocycles. The third kappa shape index (κ3) is 2.01. The molecule has 3 N–H and O–H groups in total. The van der Waals surface area contributed by atoms with E-state index in [1.54, 1.807) is 0 Å². The quantitative estimate of drug-likeness (QED) is 0.585. The van der Waals surface area contributed by atoms with Crippen LogP contribution in [-0.4, -0.2) is 23.9 Å². The maximum absolute atomic E-state index is 7.61. The monoisotopic (exact) mass is 218 g/mol. The molecular weight excluding hydrogens is 200 g/mol. The Balaban J connectivity index is 2.03. The molecule has 0 aromatic carbocycles. The summed E-state index contributed by atoms with van der Waals surface area (Å²) in [4.78, 5) is 6.34. The van der Waals surface area contributed by atoms with Gasteiger partial charge < -0.3 is 10.6 Å². The molecule has 2 rings (SSSR count). The first-order chi connectivity index (χ1) is 7.62. The maximum atomic E-state index is 7.61. The van der Waals surface area contributed by atoms with Gasteiger partial charge in [0.05, 0.1) is 5.84 Å². The molecule has 0 saturated carbocycles. The number of hydrogen-bond acceptors (Lipinski definition) is 3. The van der Waals surface area contributed by atoms with Crippen molar-refractivity contribution in [3.63, 3.8) is 0 Å². The Hall–Kier alpha value is -1.58. The van der Waals surface area contributed by atoms with Crippen LogP contribution in [-0.2, 0) is 0 Å². The van der Waals surface area contributed by atoms with Gasteiger partial charge in [0.2, 0.25) is 0 Å². The van der Waals surface area contributed by atoms with Crippen LogP contribution in [0, 0.1) is 10.8 Å². The number of pyridine rings is 1. The number of piperidine rings is 1. The van der Waals surface area contributed by atoms with E-state index in [1.807, 2.05) is 24.5 Å². The second-order valence-electron chi connectivity index (χ2n) is 4.67. The van der Waals surface area contributed by atoms with Crippen molar-refractivity contribution >= 4 is 11.5 Å². The van der Waals surface area contributed by atoms with Crippen molar-refractivity contribution in [2.24, 2.45) is 11.1 Å². The van der Waals surface area contributed by atoms with Gasteiger partial charge in [0.25, 0.3) is 0 Å². The van der Waals surface area contributed by atoms with E-state index in [-0.39, 0.29) is 5.41 Å². The summed E-state index contributed by atoms with van der Waals surface area (Å²) >= 11 is 0. The summed E-state index contributed by atoms with van der Waals surface area (Å²) in [5.41, 5.74) is 6.74. The van der Waals surface area contributed by atoms with E-state index in [2.05, 4.69) is 16.8 Å². The fourth-order valence-corrected chi connectivity index (χ4v) is 2.08. The molecule has 1 saturated heterocycles. The molecule has 1 aliphatic rings. The van der Waals surface area contributed by atoms with Crippen molar-refractivity contribution in [1.82, 2.24) is 4.98 Å². The van der Waals surface area contributed by atoms with E-state index in [9.17, 15) is 0 Å². The third-order valence-electron chi connectivity index (χ3n) is 3.55. The first kappa shape index (κ1) is 10.9. The lowest BCUT2D eigenvalue weighted by Crippen LogP contribution is -2.45. The number of hydrogen-bond donors (Lipinski definition) is 2. The number of aromatic nitrogens is 1. The minimum Gasteiger partial charge on any atom is -0.387 e. The smallest absolute Gasteiger partial charge is 0.0967 e. The highest BCUT2D eigenvalue weighted by molar-refractivity contribution is 5.83. The fourth-order valence-electron chi connectivity index (χ4n) is 2.08. The van der Waals surface area contributed by atoms with Crippen molar-refractivity contribution in [3.05, 3.63) is 24.5 Å². The second-order valence-corrected chi connectivity index (χ2v) is 4.67. The van der Waals surface area contributed by atoms with E-state index < -0.39 is 0 Å². The Morgan fingerprint density at radius 2 is 1.94 bits per heavy atom. The van der Waals surface area contributed by atoms with Crippen LogP contribution in [0.2, 0.25) is 0 Å². The molecule has 16 heavy (non-hydrogen) atoms. The minimum absolute atomic E-state index is 0.108. The molecule has 0 radical (unpaired) electrons. The SMILES string of the molecule is CC1(C(=N)N)CCN(c2ccncc2)CC1. The normalized spacial score (nSPS) is 19.4. The molecule has 1 fully saturated rings. The van der Waals surface area contributed by atoms with Crippen LogP contribution in [0.3, 0.4) is 0 Å². The number of amidine groups is 1. The predicted octanol–water partition coefficient (Wildman–Crippen LogP) is 1.62. The summed E-state index contributed by atoms with van der Waals surface area (Å²) in [7, 11) is 0. The summed E-state index contributed by atoms with van der Waals surface area (Å²) in [5.74, 6) is 0.321. The Morgan fingerprint density at radius 1 is 1.38 bits per heavy atom. The minimum atomic E-state index is -0.108. The molecule has 0 spiro atoms. The summed E-state index contributed by atoms with van der Waals surface area (Å²) in [6.07, 6.45) is 5.53. The Morgan fingerprint density at radius 3 is 2.44 bits per heavy atom. The largest absolute Gasteiger partial charge is 0.387 e. The van der Waals surface area contributed by atoms with Gasteiger partial charge >= 0.3 is 0 Å². The topological polar surface area (TPSA) is 66.0 Å². The van der Waals surface area contributed by atoms with Crippen molar-refractivity contribution in [3.8, 4) is 0 Å². The number of nitrogens with zero attached hydrogens (tertiary/aromatic N) is 2. The van der Waals surface area contributed by atoms with Gasteiger partial charge in [0, 0.05) is 36.6 Å². The van der Waals surface area contributed by atoms with E-state index >= 15 is 0 Å². The first-order valence-corrected chi connectivity index (χ1v) is 5.61. The molecule has 0 amide bonds. The van der Waals surface area contributed by atoms with Crippen LogP contribution in [0.4, 0.5) is 5.69 Å². The van der Waals surface area contributed by atoms with Crippen molar-refractivity contribution in [2.45, 2.75) is 19.8 Å². The number of nitrogens with two attached hydrogens (primary N) is 1. The van der Waals surface area contributed by atoms with Gasteiger partial charge in [-0.05, 0) is 25.0 Å². The van der Waals surface area contributed by atoms with Gasteiger partial charge in [-0.2, -0.15) is 0 Å². The van der Waals surface area contributed by atoms with Crippen molar-refractivity contribution in [1.29, 1.82) is 5.41 Å². The van der Waals surface area contributed by atoms with E-state index in [0.29, 0.717) is 5.84 Å². The van der Waals surface area contributed by atoms with E-state index in [0.717, 1.165) is 25.9 Å². The molecule has 0 bridgehead atoms. The highest BCUT2D eigenvalue weighted by atomic mass is 15.1. The van der Waals surface area contributed by atoms with Crippen LogP contribution in [0.1, 0.15) is 19.8 Å². The van der Waals surface area contributed by atoms with Crippen LogP contribution in [0.15, 0.2) is 24.5 Å². The highest BCUT2D eigenvalue weighted by Crippen LogP contribution is 2.32. The third-order valence-corrected chi connectivity index (χ3v) is 3.55. The molecule has 0 unspecified atom stereocenters. The zero-order valence-electron chi connectivity index (χ0n) is 9.61. The van der Waals surface area contributed by atoms with Crippen LogP contribution in [0.25, 0.3) is 0 Å². The van der Waals surface area contributed by atoms with Crippen LogP contribution in [0.5, 0.6) is 0 Å². The molecule has 86 valence electrons. The van der Waals surface area contributed by atoms with E-state index in [1.165, 1.54) is 5.69 Å². The number of rotatable bonds is 2. The van der Waals surface area contributed by atoms with Gasteiger partial charge in [-0.15, -0.1) is 0 Å². The molecule has 4 heteroatoms. The molecule has 2 heterocycles. The molecule has 4 nitrogen and oxygen atoms in total. The zero-order valence-corrected chi connectivity index (χ0v) is 9.61. The molecular formula is C12H18N4. The Bertz CT molecular complexity index is 366. The zero-order chi connectivity index (χ0) is 11.6.